The highest BCUT2D eigenvalue weighted by atomic mass is 16.5. The van der Waals surface area contributed by atoms with E-state index >= 15 is 0 Å². The number of carbonyl (C=O) groups excluding carboxylic acids is 4. The maximum atomic E-state index is 13.9. The number of carboxylic acid groups (broad SMARTS) is 1. The van der Waals surface area contributed by atoms with Gasteiger partial charge in [-0.1, -0.05) is 23.8 Å². The molecule has 9 nitrogen and oxygen atoms in total. The van der Waals surface area contributed by atoms with Crippen molar-refractivity contribution in [2.24, 2.45) is 17.8 Å². The van der Waals surface area contributed by atoms with Crippen molar-refractivity contribution in [3.63, 3.8) is 0 Å². The van der Waals surface area contributed by atoms with E-state index in [0.717, 1.165) is 10.5 Å². The molecule has 1 fully saturated rings. The number of ether oxygens (including phenoxy) is 1. The van der Waals surface area contributed by atoms with Gasteiger partial charge in [-0.3, -0.25) is 24.1 Å². The first-order chi connectivity index (χ1) is 19.1. The fraction of sp³-hybridized carbons (Fsp3) is 0.258. The third-order valence-corrected chi connectivity index (χ3v) is 8.45. The van der Waals surface area contributed by atoms with E-state index in [1.54, 1.807) is 19.1 Å². The van der Waals surface area contributed by atoms with Gasteiger partial charge in [0.25, 0.3) is 0 Å². The summed E-state index contributed by atoms with van der Waals surface area (Å²) in [6, 6.07) is 10.5. The van der Waals surface area contributed by atoms with Crippen LogP contribution in [0, 0.1) is 17.8 Å². The van der Waals surface area contributed by atoms with Crippen LogP contribution in [0.3, 0.4) is 0 Å². The van der Waals surface area contributed by atoms with E-state index in [9.17, 15) is 34.2 Å². The molecular weight excluding hydrogens is 514 g/mol. The Morgan fingerprint density at radius 2 is 1.80 bits per heavy atom. The van der Waals surface area contributed by atoms with Crippen molar-refractivity contribution in [1.29, 1.82) is 0 Å². The van der Waals surface area contributed by atoms with Crippen LogP contribution in [0.5, 0.6) is 11.5 Å². The number of carboxylic acids is 1. The number of anilines is 1. The van der Waals surface area contributed by atoms with Crippen LogP contribution in [0.15, 0.2) is 76.9 Å². The van der Waals surface area contributed by atoms with E-state index in [4.69, 9.17) is 4.74 Å². The molecule has 2 aromatic rings. The summed E-state index contributed by atoms with van der Waals surface area (Å²) in [6.07, 6.45) is 3.57. The van der Waals surface area contributed by atoms with Crippen molar-refractivity contribution >= 4 is 35.0 Å². The van der Waals surface area contributed by atoms with Crippen molar-refractivity contribution in [3.05, 3.63) is 88.0 Å². The summed E-state index contributed by atoms with van der Waals surface area (Å²) in [4.78, 5) is 66.8. The second kappa shape index (κ2) is 9.15. The number of amides is 2. The minimum absolute atomic E-state index is 0.0489. The van der Waals surface area contributed by atoms with Gasteiger partial charge >= 0.3 is 5.97 Å². The molecule has 0 saturated carbocycles. The number of hydrogen-bond acceptors (Lipinski definition) is 7. The fourth-order valence-corrected chi connectivity index (χ4v) is 6.68. The first-order valence-electron chi connectivity index (χ1n) is 12.9. The largest absolute Gasteiger partial charge is 0.504 e. The first kappa shape index (κ1) is 25.5. The predicted molar refractivity (Wildman–Crippen MR) is 142 cm³/mol. The van der Waals surface area contributed by atoms with Crippen molar-refractivity contribution in [2.75, 3.05) is 12.0 Å². The van der Waals surface area contributed by atoms with Gasteiger partial charge in [0, 0.05) is 22.6 Å². The lowest BCUT2D eigenvalue weighted by Crippen LogP contribution is -2.39. The Morgan fingerprint density at radius 1 is 1.02 bits per heavy atom. The molecule has 0 spiro atoms. The summed E-state index contributed by atoms with van der Waals surface area (Å²) < 4.78 is 5.18. The van der Waals surface area contributed by atoms with Gasteiger partial charge in [0.15, 0.2) is 23.1 Å². The van der Waals surface area contributed by atoms with E-state index in [0.29, 0.717) is 22.3 Å². The van der Waals surface area contributed by atoms with Crippen LogP contribution in [-0.4, -0.2) is 46.7 Å². The molecule has 2 amide bonds. The zero-order valence-electron chi connectivity index (χ0n) is 21.7. The van der Waals surface area contributed by atoms with Gasteiger partial charge in [0.1, 0.15) is 0 Å². The number of Topliss-reactive ketones (excluding diaryl/α,β-unsaturated/α-hetero) is 1. The van der Waals surface area contributed by atoms with Gasteiger partial charge in [0.2, 0.25) is 11.8 Å². The summed E-state index contributed by atoms with van der Waals surface area (Å²) in [5, 5.41) is 20.0. The van der Waals surface area contributed by atoms with Crippen LogP contribution in [0.4, 0.5) is 5.69 Å². The molecule has 2 N–H and O–H groups in total. The molecule has 40 heavy (non-hydrogen) atoms. The highest BCUT2D eigenvalue weighted by Crippen LogP contribution is 2.55. The molecule has 0 aromatic heterocycles. The number of imide groups is 1. The number of ketones is 2. The van der Waals surface area contributed by atoms with Crippen LogP contribution in [-0.2, 0) is 19.2 Å². The molecule has 0 radical (unpaired) electrons. The molecule has 202 valence electrons. The lowest BCUT2D eigenvalue weighted by Gasteiger charge is -2.42. The average Bonchev–Trinajstić information content (AvgIpc) is 3.20. The molecule has 2 aromatic carbocycles. The number of phenolic OH excluding ortho intramolecular Hbond substituents is 1. The lowest BCUT2D eigenvalue weighted by atomic mass is 9.59. The van der Waals surface area contributed by atoms with Crippen LogP contribution >= 0.6 is 0 Å². The van der Waals surface area contributed by atoms with Crippen molar-refractivity contribution in [1.82, 2.24) is 0 Å². The standard InChI is InChI=1S/C31H25NO8/c1-14-10-23(34)27-21(28(14)35)13-20-18(25(27)15-6-9-24(40-2)22(33)12-15)7-8-19-26(20)30(37)32(29(19)36)17-5-3-4-16(11-17)31(38)39/h3-7,9-12,19-20,25-26,33H,8,13H2,1-2H3,(H,38,39). The van der Waals surface area contributed by atoms with Gasteiger partial charge in [0.05, 0.1) is 30.2 Å². The Bertz CT molecular complexity index is 1640. The van der Waals surface area contributed by atoms with E-state index < -0.39 is 41.5 Å². The summed E-state index contributed by atoms with van der Waals surface area (Å²) in [7, 11) is 1.42. The fourth-order valence-electron chi connectivity index (χ4n) is 6.68. The number of aromatic carboxylic acids is 1. The second-order valence-electron chi connectivity index (χ2n) is 10.5. The molecule has 4 atom stereocenters. The Balaban J connectivity index is 1.47. The molecule has 1 saturated heterocycles. The van der Waals surface area contributed by atoms with Crippen LogP contribution in [0.1, 0.15) is 41.6 Å². The molecule has 6 rings (SSSR count). The zero-order chi connectivity index (χ0) is 28.5. The van der Waals surface area contributed by atoms with Crippen molar-refractivity contribution in [2.45, 2.75) is 25.7 Å². The Hall–Kier alpha value is -4.79. The number of phenols is 1. The molecule has 1 heterocycles. The van der Waals surface area contributed by atoms with E-state index in [1.807, 2.05) is 6.08 Å². The molecule has 0 bridgehead atoms. The number of hydrogen-bond donors (Lipinski definition) is 2. The maximum absolute atomic E-state index is 13.9. The monoisotopic (exact) mass is 539 g/mol. The van der Waals surface area contributed by atoms with Gasteiger partial charge in [-0.25, -0.2) is 4.79 Å². The van der Waals surface area contributed by atoms with Gasteiger partial charge in [-0.05, 0) is 67.7 Å². The van der Waals surface area contributed by atoms with Crippen LogP contribution in [0.25, 0.3) is 0 Å². The molecule has 4 aliphatic rings. The number of methoxy groups -OCH3 is 1. The Morgan fingerprint density at radius 3 is 2.50 bits per heavy atom. The Labute approximate surface area is 229 Å². The number of carbonyl (C=O) groups is 5. The summed E-state index contributed by atoms with van der Waals surface area (Å²) in [6.45, 7) is 1.58. The maximum Gasteiger partial charge on any atom is 0.335 e. The number of benzene rings is 2. The molecule has 1 aliphatic heterocycles. The van der Waals surface area contributed by atoms with E-state index in [1.165, 1.54) is 43.5 Å². The molecule has 3 aliphatic carbocycles. The number of nitrogens with zero attached hydrogens (tertiary/aromatic N) is 1. The van der Waals surface area contributed by atoms with Gasteiger partial charge in [-0.15, -0.1) is 0 Å². The number of allylic oxidation sites excluding steroid dienone is 6. The second-order valence-corrected chi connectivity index (χ2v) is 10.5. The SMILES string of the molecule is COc1ccc(C2C3=CCC4C(=O)N(c5cccc(C(=O)O)c5)C(=O)C4C3CC3=C2C(=O)C=C(C)C3=O)cc1O. The molecule has 4 unspecified atom stereocenters. The lowest BCUT2D eigenvalue weighted by molar-refractivity contribution is -0.123. The van der Waals surface area contributed by atoms with Crippen molar-refractivity contribution < 1.29 is 38.9 Å². The van der Waals surface area contributed by atoms with Gasteiger partial charge < -0.3 is 14.9 Å². The minimum Gasteiger partial charge on any atom is -0.504 e. The third-order valence-electron chi connectivity index (χ3n) is 8.45. The smallest absolute Gasteiger partial charge is 0.335 e. The molecule has 9 heteroatoms. The van der Waals surface area contributed by atoms with Crippen LogP contribution in [0.2, 0.25) is 0 Å². The number of rotatable bonds is 4. The number of aromatic hydroxyl groups is 1. The first-order valence-corrected chi connectivity index (χ1v) is 12.9. The quantitative estimate of drug-likeness (QED) is 0.341. The Kier molecular flexibility index (Phi) is 5.83. The van der Waals surface area contributed by atoms with E-state index in [-0.39, 0.29) is 47.2 Å². The minimum atomic E-state index is -1.18. The normalized spacial score (nSPS) is 25.7. The van der Waals surface area contributed by atoms with Crippen LogP contribution < -0.4 is 9.64 Å². The highest BCUT2D eigenvalue weighted by Gasteiger charge is 2.56. The summed E-state index contributed by atoms with van der Waals surface area (Å²) in [5.74, 6) is -5.23. The summed E-state index contributed by atoms with van der Waals surface area (Å²) >= 11 is 0. The van der Waals surface area contributed by atoms with Gasteiger partial charge in [-0.2, -0.15) is 0 Å². The average molecular weight is 540 g/mol. The zero-order valence-corrected chi connectivity index (χ0v) is 21.7. The topological polar surface area (TPSA) is 138 Å². The number of fused-ring (bicyclic) bond motifs is 3. The molecular formula is C31H25NO8. The highest BCUT2D eigenvalue weighted by molar-refractivity contribution is 6.25. The van der Waals surface area contributed by atoms with Crippen molar-refractivity contribution in [3.8, 4) is 11.5 Å². The predicted octanol–water partition coefficient (Wildman–Crippen LogP) is 3.73. The van der Waals surface area contributed by atoms with E-state index in [2.05, 4.69) is 0 Å². The summed E-state index contributed by atoms with van der Waals surface area (Å²) in [5.41, 5.74) is 2.40. The third kappa shape index (κ3) is 3.65.